The quantitative estimate of drug-likeness (QED) is 0.168. The van der Waals surface area contributed by atoms with Crippen molar-refractivity contribution in [1.82, 2.24) is 19.9 Å². The number of hydrogen-bond donors (Lipinski definition) is 4. The summed E-state index contributed by atoms with van der Waals surface area (Å²) < 4.78 is 0. The number of aryl methyl sites for hydroxylation is 2. The first-order valence-electron chi connectivity index (χ1n) is 16.4. The average molecular weight is 1030 g/mol. The maximum atomic E-state index is 10.2. The van der Waals surface area contributed by atoms with Crippen molar-refractivity contribution in [2.45, 2.75) is 99.1 Å². The van der Waals surface area contributed by atoms with Crippen molar-refractivity contribution in [3.05, 3.63) is 96.8 Å². The van der Waals surface area contributed by atoms with Gasteiger partial charge in [0.25, 0.3) is 0 Å². The Bertz CT molecular complexity index is 1420. The van der Waals surface area contributed by atoms with Crippen molar-refractivity contribution in [1.29, 1.82) is 0 Å². The van der Waals surface area contributed by atoms with Crippen LogP contribution in [0.5, 0.6) is 0 Å². The number of aliphatic hydroxyl groups is 4. The zero-order valence-corrected chi connectivity index (χ0v) is 34.5. The summed E-state index contributed by atoms with van der Waals surface area (Å²) in [5.41, 5.74) is 6.10. The second-order valence-corrected chi connectivity index (χ2v) is 13.6. The molecule has 0 aliphatic heterocycles. The predicted octanol–water partition coefficient (Wildman–Crippen LogP) is 6.44. The van der Waals surface area contributed by atoms with Crippen molar-refractivity contribution in [3.8, 4) is 22.5 Å². The summed E-state index contributed by atoms with van der Waals surface area (Å²) in [7, 11) is 0. The first-order chi connectivity index (χ1) is 22.2. The van der Waals surface area contributed by atoms with Crippen LogP contribution in [0, 0.1) is 48.6 Å². The molecule has 10 heteroatoms. The number of aromatic nitrogens is 4. The van der Waals surface area contributed by atoms with E-state index in [0.717, 1.165) is 46.7 Å². The minimum Gasteiger partial charge on any atom is -0.393 e. The number of fused-ring (bicyclic) bond motifs is 2. The normalized spacial score (nSPS) is 22.9. The van der Waals surface area contributed by atoms with E-state index in [2.05, 4.69) is 52.8 Å². The Labute approximate surface area is 320 Å². The molecule has 7 atom stereocenters. The van der Waals surface area contributed by atoms with E-state index in [9.17, 15) is 10.2 Å². The largest absolute Gasteiger partial charge is 0.393 e. The van der Waals surface area contributed by atoms with Gasteiger partial charge >= 0.3 is 0 Å². The molecule has 2 aliphatic carbocycles. The molecular formula is C39H52Ir2N4O4-2. The number of nitrogens with zero attached hydrogens (tertiary/aromatic N) is 4. The van der Waals surface area contributed by atoms with Crippen LogP contribution in [0.3, 0.4) is 0 Å². The Morgan fingerprint density at radius 2 is 1.20 bits per heavy atom. The van der Waals surface area contributed by atoms with Gasteiger partial charge in [0.15, 0.2) is 0 Å². The first-order valence-corrected chi connectivity index (χ1v) is 16.4. The van der Waals surface area contributed by atoms with E-state index in [1.165, 1.54) is 0 Å². The summed E-state index contributed by atoms with van der Waals surface area (Å²) in [6.07, 6.45) is 4.45. The Morgan fingerprint density at radius 1 is 0.755 bits per heavy atom. The summed E-state index contributed by atoms with van der Waals surface area (Å²) >= 11 is 0. The van der Waals surface area contributed by atoms with E-state index in [1.54, 1.807) is 26.5 Å². The van der Waals surface area contributed by atoms with Crippen LogP contribution in [0.25, 0.3) is 22.5 Å². The number of benzene rings is 2. The molecule has 8 nitrogen and oxygen atoms in total. The second-order valence-electron chi connectivity index (χ2n) is 13.6. The Hall–Kier alpha value is -2.26. The average Bonchev–Trinajstić information content (AvgIpc) is 3.34. The number of hydrogen-bond acceptors (Lipinski definition) is 8. The van der Waals surface area contributed by atoms with E-state index in [4.69, 9.17) is 10.2 Å². The van der Waals surface area contributed by atoms with Crippen molar-refractivity contribution < 1.29 is 60.6 Å². The SMILES string of the molecule is CC(O)C1C(O)C2CCC1(C)C2(C)C.CC(O)CC(C)O.Cc1cc(-c2[c-]cccc2)ncn1.Cc1cc(-c2[c-]cccc2)ncn1.[Ir].[Ir]. The molecule has 0 spiro atoms. The molecular weight excluding hydrogens is 973 g/mol. The summed E-state index contributed by atoms with van der Waals surface area (Å²) in [6.45, 7) is 15.8. The molecule has 2 radical (unpaired) electrons. The summed E-state index contributed by atoms with van der Waals surface area (Å²) in [4.78, 5) is 16.4. The standard InChI is InChI=1S/C12H22O2.2C11H9N2.C5H12O2.2Ir/c1-7(13)9-10(14)8-5-6-12(9,4)11(8,2)3;2*1-9-7-11(13-8-12-9)10-5-3-2-4-6-10;1-4(6)3-5(2)7;;/h7-10,13-14H,5-6H2,1-4H3;2*2-5,7-8H,1H3;4-7H,3H2,1-2H3;;/q;2*-1;;;. The van der Waals surface area contributed by atoms with Crippen LogP contribution in [-0.2, 0) is 40.2 Å². The van der Waals surface area contributed by atoms with Crippen molar-refractivity contribution in [2.24, 2.45) is 22.7 Å². The Kier molecular flexibility index (Phi) is 18.8. The fourth-order valence-corrected chi connectivity index (χ4v) is 7.00. The van der Waals surface area contributed by atoms with Gasteiger partial charge < -0.3 is 20.4 Å². The van der Waals surface area contributed by atoms with Gasteiger partial charge in [-0.2, -0.15) is 0 Å². The smallest absolute Gasteiger partial charge is 0.105 e. The molecule has 4 N–H and O–H groups in total. The molecule has 2 heterocycles. The van der Waals surface area contributed by atoms with Gasteiger partial charge in [0.2, 0.25) is 0 Å². The Balaban J connectivity index is 0.000000331. The van der Waals surface area contributed by atoms with Gasteiger partial charge in [-0.1, -0.05) is 32.9 Å². The first kappa shape index (κ1) is 44.8. The van der Waals surface area contributed by atoms with Crippen molar-refractivity contribution in [3.63, 3.8) is 0 Å². The van der Waals surface area contributed by atoms with Crippen molar-refractivity contribution >= 4 is 0 Å². The van der Waals surface area contributed by atoms with Gasteiger partial charge in [-0.25, -0.2) is 9.97 Å². The minimum atomic E-state index is -0.389. The maximum absolute atomic E-state index is 10.2. The molecule has 2 bridgehead atoms. The van der Waals surface area contributed by atoms with Crippen LogP contribution in [0.15, 0.2) is 73.3 Å². The molecule has 6 rings (SSSR count). The van der Waals surface area contributed by atoms with Gasteiger partial charge in [0.05, 0.1) is 24.4 Å². The van der Waals surface area contributed by atoms with Crippen LogP contribution in [0.1, 0.15) is 72.2 Å². The van der Waals surface area contributed by atoms with Gasteiger partial charge in [-0.15, -0.1) is 71.8 Å². The van der Waals surface area contributed by atoms with E-state index < -0.39 is 0 Å². The molecule has 49 heavy (non-hydrogen) atoms. The molecule has 272 valence electrons. The minimum absolute atomic E-state index is 0. The third-order valence-electron chi connectivity index (χ3n) is 9.67. The van der Waals surface area contributed by atoms with E-state index in [1.807, 2.05) is 81.4 Å². The maximum Gasteiger partial charge on any atom is 0.105 e. The molecule has 4 aromatic rings. The monoisotopic (exact) mass is 1030 g/mol. The van der Waals surface area contributed by atoms with E-state index in [0.29, 0.717) is 12.3 Å². The third-order valence-corrected chi connectivity index (χ3v) is 9.67. The summed E-state index contributed by atoms with van der Waals surface area (Å²) in [6, 6.07) is 25.7. The van der Waals surface area contributed by atoms with Crippen LogP contribution < -0.4 is 0 Å². The predicted molar refractivity (Wildman–Crippen MR) is 186 cm³/mol. The van der Waals surface area contributed by atoms with Gasteiger partial charge in [0, 0.05) is 57.5 Å². The van der Waals surface area contributed by atoms with Gasteiger partial charge in [0.1, 0.15) is 12.7 Å². The molecule has 7 unspecified atom stereocenters. The van der Waals surface area contributed by atoms with E-state index in [-0.39, 0.29) is 81.4 Å². The zero-order valence-electron chi connectivity index (χ0n) is 29.8. The number of aliphatic hydroxyl groups excluding tert-OH is 4. The second kappa shape index (κ2) is 20.6. The van der Waals surface area contributed by atoms with Gasteiger partial charge in [-0.3, -0.25) is 9.97 Å². The molecule has 2 saturated carbocycles. The molecule has 2 aliphatic rings. The third kappa shape index (κ3) is 12.2. The van der Waals surface area contributed by atoms with Crippen LogP contribution >= 0.6 is 0 Å². The number of rotatable bonds is 5. The van der Waals surface area contributed by atoms with Crippen LogP contribution in [0.4, 0.5) is 0 Å². The fraction of sp³-hybridized carbons (Fsp3) is 0.487. The molecule has 0 amide bonds. The zero-order chi connectivity index (χ0) is 34.8. The summed E-state index contributed by atoms with van der Waals surface area (Å²) in [5, 5.41) is 37.1. The van der Waals surface area contributed by atoms with Gasteiger partial charge in [-0.05, 0) is 82.0 Å². The molecule has 0 saturated heterocycles. The van der Waals surface area contributed by atoms with E-state index >= 15 is 0 Å². The van der Waals surface area contributed by atoms with Crippen molar-refractivity contribution in [2.75, 3.05) is 0 Å². The molecule has 2 aromatic carbocycles. The topological polar surface area (TPSA) is 132 Å². The Morgan fingerprint density at radius 3 is 1.47 bits per heavy atom. The molecule has 2 aromatic heterocycles. The summed E-state index contributed by atoms with van der Waals surface area (Å²) in [5.74, 6) is 0.448. The fourth-order valence-electron chi connectivity index (χ4n) is 7.00. The van der Waals surface area contributed by atoms with Crippen LogP contribution in [0.2, 0.25) is 0 Å². The van der Waals surface area contributed by atoms with Crippen LogP contribution in [-0.4, -0.2) is 64.8 Å². The molecule has 2 fully saturated rings.